The monoisotopic (exact) mass is 377 g/mol. The van der Waals surface area contributed by atoms with Gasteiger partial charge in [0.1, 0.15) is 5.75 Å². The van der Waals surface area contributed by atoms with E-state index in [2.05, 4.69) is 4.72 Å². The van der Waals surface area contributed by atoms with E-state index < -0.39 is 22.0 Å². The average molecular weight is 377 g/mol. The zero-order valence-corrected chi connectivity index (χ0v) is 15.6. The van der Waals surface area contributed by atoms with E-state index in [9.17, 15) is 13.2 Å². The Morgan fingerprint density at radius 2 is 1.73 bits per heavy atom. The summed E-state index contributed by atoms with van der Waals surface area (Å²) in [6.07, 6.45) is 0.514. The molecule has 0 spiro atoms. The minimum Gasteiger partial charge on any atom is -0.494 e. The fraction of sp³-hybridized carbons (Fsp3) is 0.316. The quantitative estimate of drug-likeness (QED) is 0.700. The number of carboxylic acids is 1. The molecule has 6 nitrogen and oxygen atoms in total. The Labute approximate surface area is 153 Å². The van der Waals surface area contributed by atoms with Gasteiger partial charge in [-0.2, -0.15) is 0 Å². The van der Waals surface area contributed by atoms with Crippen LogP contribution < -0.4 is 9.46 Å². The third-order valence-corrected chi connectivity index (χ3v) is 5.25. The molecule has 0 aliphatic rings. The van der Waals surface area contributed by atoms with Crippen molar-refractivity contribution in [2.75, 3.05) is 6.61 Å². The molecule has 0 amide bonds. The number of aliphatic carboxylic acids is 1. The number of benzene rings is 2. The van der Waals surface area contributed by atoms with E-state index in [-0.39, 0.29) is 11.3 Å². The maximum absolute atomic E-state index is 12.6. The van der Waals surface area contributed by atoms with Crippen molar-refractivity contribution < 1.29 is 23.1 Å². The van der Waals surface area contributed by atoms with Gasteiger partial charge in [-0.05, 0) is 43.2 Å². The number of carboxylic acid groups (broad SMARTS) is 1. The minimum atomic E-state index is -3.84. The summed E-state index contributed by atoms with van der Waals surface area (Å²) in [6.45, 7) is 4.44. The van der Waals surface area contributed by atoms with Crippen LogP contribution in [-0.2, 0) is 14.8 Å². The van der Waals surface area contributed by atoms with Gasteiger partial charge in [0.15, 0.2) is 0 Å². The molecule has 7 heteroatoms. The van der Waals surface area contributed by atoms with Crippen LogP contribution in [0.2, 0.25) is 0 Å². The Kier molecular flexibility index (Phi) is 6.76. The van der Waals surface area contributed by atoms with E-state index in [1.165, 1.54) is 12.1 Å². The van der Waals surface area contributed by atoms with Crippen LogP contribution in [0.15, 0.2) is 53.4 Å². The summed E-state index contributed by atoms with van der Waals surface area (Å²) in [7, 11) is -3.84. The molecule has 2 aromatic carbocycles. The molecule has 0 bridgehead atoms. The van der Waals surface area contributed by atoms with Gasteiger partial charge >= 0.3 is 5.97 Å². The summed E-state index contributed by atoms with van der Waals surface area (Å²) >= 11 is 0. The molecule has 2 N–H and O–H groups in total. The van der Waals surface area contributed by atoms with E-state index in [4.69, 9.17) is 9.84 Å². The van der Waals surface area contributed by atoms with Gasteiger partial charge in [-0.15, -0.1) is 0 Å². The first-order valence-corrected chi connectivity index (χ1v) is 9.83. The van der Waals surface area contributed by atoms with E-state index >= 15 is 0 Å². The highest BCUT2D eigenvalue weighted by molar-refractivity contribution is 7.89. The fourth-order valence-corrected chi connectivity index (χ4v) is 3.62. The fourth-order valence-electron chi connectivity index (χ4n) is 2.39. The Hall–Kier alpha value is -2.38. The Balaban J connectivity index is 2.24. The van der Waals surface area contributed by atoms with Crippen molar-refractivity contribution in [2.24, 2.45) is 0 Å². The first-order valence-electron chi connectivity index (χ1n) is 8.35. The van der Waals surface area contributed by atoms with Crippen LogP contribution in [0.25, 0.3) is 0 Å². The molecule has 2 aromatic rings. The zero-order chi connectivity index (χ0) is 19.2. The Morgan fingerprint density at radius 1 is 1.12 bits per heavy atom. The zero-order valence-electron chi connectivity index (χ0n) is 14.8. The van der Waals surface area contributed by atoms with Crippen LogP contribution in [0.1, 0.15) is 36.9 Å². The van der Waals surface area contributed by atoms with Crippen molar-refractivity contribution in [3.05, 3.63) is 59.7 Å². The van der Waals surface area contributed by atoms with Crippen LogP contribution in [0.4, 0.5) is 0 Å². The van der Waals surface area contributed by atoms with Gasteiger partial charge in [-0.25, -0.2) is 13.1 Å². The second kappa shape index (κ2) is 8.82. The lowest BCUT2D eigenvalue weighted by molar-refractivity contribution is -0.137. The van der Waals surface area contributed by atoms with Crippen molar-refractivity contribution in [1.29, 1.82) is 0 Å². The molecule has 0 heterocycles. The normalized spacial score (nSPS) is 12.5. The molecule has 0 saturated carbocycles. The van der Waals surface area contributed by atoms with E-state index in [1.54, 1.807) is 36.4 Å². The molecule has 0 saturated heterocycles. The minimum absolute atomic E-state index is 0.0985. The molecule has 1 atom stereocenters. The van der Waals surface area contributed by atoms with Crippen molar-refractivity contribution in [3.8, 4) is 5.75 Å². The highest BCUT2D eigenvalue weighted by Gasteiger charge is 2.23. The van der Waals surface area contributed by atoms with Crippen LogP contribution in [0, 0.1) is 6.92 Å². The molecule has 0 radical (unpaired) electrons. The second-order valence-corrected chi connectivity index (χ2v) is 7.72. The lowest BCUT2D eigenvalue weighted by atomic mass is 10.0. The highest BCUT2D eigenvalue weighted by Crippen LogP contribution is 2.23. The summed E-state index contributed by atoms with van der Waals surface area (Å²) in [5, 5.41) is 9.16. The van der Waals surface area contributed by atoms with E-state index in [0.29, 0.717) is 17.9 Å². The summed E-state index contributed by atoms with van der Waals surface area (Å²) in [5.74, 6) is -0.431. The van der Waals surface area contributed by atoms with Gasteiger partial charge in [0.2, 0.25) is 10.0 Å². The maximum Gasteiger partial charge on any atom is 0.305 e. The Morgan fingerprint density at radius 3 is 2.27 bits per heavy atom. The number of aryl methyl sites for hydroxylation is 1. The summed E-state index contributed by atoms with van der Waals surface area (Å²) in [4.78, 5) is 11.3. The Bertz CT molecular complexity index is 829. The SMILES string of the molecule is CCCOc1ccc([C@@H](CC(=O)O)NS(=O)(=O)c2ccc(C)cc2)cc1. The predicted molar refractivity (Wildman–Crippen MR) is 98.7 cm³/mol. The summed E-state index contributed by atoms with van der Waals surface area (Å²) in [5.41, 5.74) is 1.50. The molecular weight excluding hydrogens is 354 g/mol. The second-order valence-electron chi connectivity index (χ2n) is 6.00. The van der Waals surface area contributed by atoms with Crippen LogP contribution in [0.5, 0.6) is 5.75 Å². The summed E-state index contributed by atoms with van der Waals surface area (Å²) < 4.78 is 33.2. The first kappa shape index (κ1) is 19.9. The average Bonchev–Trinajstić information content (AvgIpc) is 2.59. The first-order chi connectivity index (χ1) is 12.3. The van der Waals surface area contributed by atoms with E-state index in [0.717, 1.165) is 12.0 Å². The van der Waals surface area contributed by atoms with Gasteiger partial charge in [0.25, 0.3) is 0 Å². The van der Waals surface area contributed by atoms with Crippen molar-refractivity contribution >= 4 is 16.0 Å². The lowest BCUT2D eigenvalue weighted by Crippen LogP contribution is -2.30. The third kappa shape index (κ3) is 5.57. The number of nitrogens with one attached hydrogen (secondary N) is 1. The summed E-state index contributed by atoms with van der Waals surface area (Å²) in [6, 6.07) is 12.3. The lowest BCUT2D eigenvalue weighted by Gasteiger charge is -2.18. The van der Waals surface area contributed by atoms with Gasteiger partial charge in [0, 0.05) is 0 Å². The predicted octanol–water partition coefficient (Wildman–Crippen LogP) is 3.28. The number of hydrogen-bond donors (Lipinski definition) is 2. The number of hydrogen-bond acceptors (Lipinski definition) is 4. The number of ether oxygens (including phenoxy) is 1. The molecule has 0 aliphatic carbocycles. The van der Waals surface area contributed by atoms with Crippen molar-refractivity contribution in [1.82, 2.24) is 4.72 Å². The number of carbonyl (C=O) groups is 1. The highest BCUT2D eigenvalue weighted by atomic mass is 32.2. The molecule has 140 valence electrons. The molecule has 0 aliphatic heterocycles. The van der Waals surface area contributed by atoms with Crippen LogP contribution >= 0.6 is 0 Å². The third-order valence-electron chi connectivity index (χ3n) is 3.76. The van der Waals surface area contributed by atoms with Crippen LogP contribution in [-0.4, -0.2) is 26.1 Å². The molecular formula is C19H23NO5S. The largest absolute Gasteiger partial charge is 0.494 e. The molecule has 0 aromatic heterocycles. The van der Waals surface area contributed by atoms with Gasteiger partial charge in [-0.1, -0.05) is 36.8 Å². The van der Waals surface area contributed by atoms with E-state index in [1.807, 2.05) is 13.8 Å². The molecule has 26 heavy (non-hydrogen) atoms. The van der Waals surface area contributed by atoms with Crippen molar-refractivity contribution in [3.63, 3.8) is 0 Å². The van der Waals surface area contributed by atoms with Gasteiger partial charge in [-0.3, -0.25) is 4.79 Å². The maximum atomic E-state index is 12.6. The molecule has 0 unspecified atom stereocenters. The smallest absolute Gasteiger partial charge is 0.305 e. The van der Waals surface area contributed by atoms with Crippen molar-refractivity contribution in [2.45, 2.75) is 37.6 Å². The number of rotatable bonds is 9. The standard InChI is InChI=1S/C19H23NO5S/c1-3-12-25-16-8-6-15(7-9-16)18(13-19(21)22)20-26(23,24)17-10-4-14(2)5-11-17/h4-11,18,20H,3,12-13H2,1-2H3,(H,21,22)/t18-/m1/s1. The molecule has 0 fully saturated rings. The topological polar surface area (TPSA) is 92.7 Å². The molecule has 2 rings (SSSR count). The van der Waals surface area contributed by atoms with Gasteiger partial charge < -0.3 is 9.84 Å². The number of sulfonamides is 1. The van der Waals surface area contributed by atoms with Crippen LogP contribution in [0.3, 0.4) is 0 Å². The van der Waals surface area contributed by atoms with Gasteiger partial charge in [0.05, 0.1) is 24.0 Å².